The summed E-state index contributed by atoms with van der Waals surface area (Å²) in [5.74, 6) is 0.323. The second kappa shape index (κ2) is 14.1. The minimum absolute atomic E-state index is 0.0357. The molecule has 0 amide bonds. The van der Waals surface area contributed by atoms with E-state index < -0.39 is 0 Å². The first-order chi connectivity index (χ1) is 14.1. The monoisotopic (exact) mass is 411 g/mol. The van der Waals surface area contributed by atoms with Gasteiger partial charge in [0, 0.05) is 5.02 Å². The number of carbonyl (C=O) groups excluding carboxylic acids is 1. The van der Waals surface area contributed by atoms with E-state index in [1.807, 2.05) is 36.4 Å². The Bertz CT molecular complexity index is 897. The SMILES string of the molecule is CCCC.CCc1ccc(Cl)cc1.N#Cc1cccc(Cc2nnc(C=O)o2)c1. The Morgan fingerprint density at radius 2 is 1.72 bits per heavy atom. The molecule has 0 radical (unpaired) electrons. The molecule has 29 heavy (non-hydrogen) atoms. The Labute approximate surface area is 177 Å². The van der Waals surface area contributed by atoms with E-state index in [-0.39, 0.29) is 5.89 Å². The fourth-order valence-corrected chi connectivity index (χ4v) is 2.16. The molecular formula is C23H26ClN3O2. The summed E-state index contributed by atoms with van der Waals surface area (Å²) in [7, 11) is 0. The van der Waals surface area contributed by atoms with Crippen LogP contribution in [0.15, 0.2) is 52.9 Å². The lowest BCUT2D eigenvalue weighted by molar-refractivity contribution is 0.109. The number of carbonyl (C=O) groups is 1. The van der Waals surface area contributed by atoms with E-state index in [1.54, 1.807) is 18.2 Å². The van der Waals surface area contributed by atoms with E-state index >= 15 is 0 Å². The van der Waals surface area contributed by atoms with Crippen LogP contribution in [-0.2, 0) is 12.8 Å². The molecule has 1 aromatic heterocycles. The van der Waals surface area contributed by atoms with E-state index in [0.29, 0.717) is 24.2 Å². The highest BCUT2D eigenvalue weighted by atomic mass is 35.5. The summed E-state index contributed by atoms with van der Waals surface area (Å²) in [6, 6.07) is 17.1. The van der Waals surface area contributed by atoms with Crippen LogP contribution in [0.3, 0.4) is 0 Å². The summed E-state index contributed by atoms with van der Waals surface area (Å²) in [4.78, 5) is 10.3. The van der Waals surface area contributed by atoms with Crippen molar-refractivity contribution >= 4 is 17.9 Å². The van der Waals surface area contributed by atoms with Crippen molar-refractivity contribution in [2.75, 3.05) is 0 Å². The first kappa shape index (κ1) is 24.1. The van der Waals surface area contributed by atoms with E-state index in [9.17, 15) is 4.79 Å². The quantitative estimate of drug-likeness (QED) is 0.477. The molecule has 0 unspecified atom stereocenters. The third-order valence-corrected chi connectivity index (χ3v) is 4.07. The molecule has 152 valence electrons. The maximum Gasteiger partial charge on any atom is 0.280 e. The minimum atomic E-state index is -0.0357. The molecule has 0 aliphatic rings. The Morgan fingerprint density at radius 1 is 1.03 bits per heavy atom. The molecule has 2 aromatic carbocycles. The van der Waals surface area contributed by atoms with Gasteiger partial charge in [-0.3, -0.25) is 4.79 Å². The molecule has 0 saturated carbocycles. The summed E-state index contributed by atoms with van der Waals surface area (Å²) in [5.41, 5.74) is 2.80. The average Bonchev–Trinajstić information content (AvgIpc) is 3.22. The highest BCUT2D eigenvalue weighted by molar-refractivity contribution is 6.30. The van der Waals surface area contributed by atoms with Crippen LogP contribution in [-0.4, -0.2) is 16.5 Å². The molecule has 0 aliphatic heterocycles. The molecule has 3 rings (SSSR count). The van der Waals surface area contributed by atoms with Crippen molar-refractivity contribution in [1.29, 1.82) is 5.26 Å². The standard InChI is InChI=1S/C11H7N3O2.C8H9Cl.C4H10/c12-6-9-3-1-2-8(4-9)5-10-13-14-11(7-15)16-10;1-2-7-3-5-8(9)6-4-7;1-3-4-2/h1-4,7H,5H2;3-6H,2H2,1H3;3-4H2,1-2H3. The lowest BCUT2D eigenvalue weighted by Gasteiger charge is -1.96. The van der Waals surface area contributed by atoms with E-state index in [1.165, 1.54) is 18.4 Å². The van der Waals surface area contributed by atoms with Crippen molar-refractivity contribution in [3.8, 4) is 6.07 Å². The number of hydrogen-bond donors (Lipinski definition) is 0. The first-order valence-corrected chi connectivity index (χ1v) is 9.95. The van der Waals surface area contributed by atoms with Crippen LogP contribution in [0.2, 0.25) is 5.02 Å². The van der Waals surface area contributed by atoms with Crippen molar-refractivity contribution in [2.24, 2.45) is 0 Å². The van der Waals surface area contributed by atoms with Crippen LogP contribution in [0, 0.1) is 11.3 Å². The number of rotatable bonds is 5. The number of aldehydes is 1. The number of aryl methyl sites for hydroxylation is 1. The second-order valence-corrected chi connectivity index (χ2v) is 6.56. The number of nitrogens with zero attached hydrogens (tertiary/aromatic N) is 3. The van der Waals surface area contributed by atoms with Crippen molar-refractivity contribution in [1.82, 2.24) is 10.2 Å². The highest BCUT2D eigenvalue weighted by Crippen LogP contribution is 2.10. The number of halogens is 1. The Balaban J connectivity index is 0.000000272. The lowest BCUT2D eigenvalue weighted by Crippen LogP contribution is -1.89. The molecule has 0 spiro atoms. The van der Waals surface area contributed by atoms with Crippen molar-refractivity contribution < 1.29 is 9.21 Å². The maximum absolute atomic E-state index is 10.3. The van der Waals surface area contributed by atoms with E-state index in [4.69, 9.17) is 21.3 Å². The third-order valence-electron chi connectivity index (χ3n) is 3.82. The fourth-order valence-electron chi connectivity index (χ4n) is 2.03. The number of nitriles is 1. The van der Waals surface area contributed by atoms with Crippen LogP contribution in [0.25, 0.3) is 0 Å². The van der Waals surface area contributed by atoms with Gasteiger partial charge >= 0.3 is 0 Å². The normalized spacial score (nSPS) is 9.34. The van der Waals surface area contributed by atoms with Crippen molar-refractivity contribution in [2.45, 2.75) is 46.5 Å². The molecule has 0 N–H and O–H groups in total. The smallest absolute Gasteiger partial charge is 0.280 e. The zero-order valence-corrected chi connectivity index (χ0v) is 17.8. The number of aromatic nitrogens is 2. The number of benzene rings is 2. The van der Waals surface area contributed by atoms with Gasteiger partial charge < -0.3 is 4.42 Å². The zero-order valence-electron chi connectivity index (χ0n) is 17.1. The maximum atomic E-state index is 10.3. The Kier molecular flexibility index (Phi) is 11.7. The molecule has 6 heteroatoms. The van der Waals surface area contributed by atoms with Gasteiger partial charge in [0.2, 0.25) is 12.2 Å². The number of unbranched alkanes of at least 4 members (excludes halogenated alkanes) is 1. The molecule has 0 bridgehead atoms. The van der Waals surface area contributed by atoms with E-state index in [0.717, 1.165) is 17.0 Å². The van der Waals surface area contributed by atoms with Crippen molar-refractivity contribution in [3.63, 3.8) is 0 Å². The Morgan fingerprint density at radius 3 is 2.24 bits per heavy atom. The minimum Gasteiger partial charge on any atom is -0.418 e. The van der Waals surface area contributed by atoms with Gasteiger partial charge in [-0.15, -0.1) is 10.2 Å². The van der Waals surface area contributed by atoms with Crippen LogP contribution in [0.4, 0.5) is 0 Å². The molecular weight excluding hydrogens is 386 g/mol. The van der Waals surface area contributed by atoms with Gasteiger partial charge in [-0.2, -0.15) is 5.26 Å². The number of hydrogen-bond acceptors (Lipinski definition) is 5. The summed E-state index contributed by atoms with van der Waals surface area (Å²) >= 11 is 5.67. The van der Waals surface area contributed by atoms with E-state index in [2.05, 4.69) is 31.0 Å². The lowest BCUT2D eigenvalue weighted by atomic mass is 10.1. The molecule has 0 fully saturated rings. The molecule has 0 aliphatic carbocycles. The molecule has 1 heterocycles. The molecule has 0 saturated heterocycles. The van der Waals surface area contributed by atoms with Crippen molar-refractivity contribution in [3.05, 3.63) is 82.0 Å². The molecule has 3 aromatic rings. The van der Waals surface area contributed by atoms with Gasteiger partial charge in [-0.25, -0.2) is 0 Å². The zero-order chi connectivity index (χ0) is 21.5. The van der Waals surface area contributed by atoms with Crippen LogP contribution >= 0.6 is 11.6 Å². The highest BCUT2D eigenvalue weighted by Gasteiger charge is 2.06. The van der Waals surface area contributed by atoms with Crippen LogP contribution < -0.4 is 0 Å². The van der Waals surface area contributed by atoms with Gasteiger partial charge in [0.15, 0.2) is 0 Å². The van der Waals surface area contributed by atoms with Gasteiger partial charge in [0.1, 0.15) is 0 Å². The topological polar surface area (TPSA) is 79.8 Å². The predicted octanol–water partition coefficient (Wildman–Crippen LogP) is 6.05. The van der Waals surface area contributed by atoms with Crippen LogP contribution in [0.5, 0.6) is 0 Å². The Hall–Kier alpha value is -2.97. The van der Waals surface area contributed by atoms with Gasteiger partial charge in [-0.1, -0.05) is 69.5 Å². The first-order valence-electron chi connectivity index (χ1n) is 9.57. The average molecular weight is 412 g/mol. The largest absolute Gasteiger partial charge is 0.418 e. The fraction of sp³-hybridized carbons (Fsp3) is 0.304. The second-order valence-electron chi connectivity index (χ2n) is 6.12. The van der Waals surface area contributed by atoms with Crippen LogP contribution in [0.1, 0.15) is 66.9 Å². The van der Waals surface area contributed by atoms with Gasteiger partial charge in [-0.05, 0) is 41.8 Å². The summed E-state index contributed by atoms with van der Waals surface area (Å²) < 4.78 is 5.04. The predicted molar refractivity (Wildman–Crippen MR) is 115 cm³/mol. The van der Waals surface area contributed by atoms with Gasteiger partial charge in [0.05, 0.1) is 18.1 Å². The molecule has 5 nitrogen and oxygen atoms in total. The van der Waals surface area contributed by atoms with Gasteiger partial charge in [0.25, 0.3) is 5.89 Å². The summed E-state index contributed by atoms with van der Waals surface area (Å²) in [6.07, 6.45) is 4.63. The summed E-state index contributed by atoms with van der Waals surface area (Å²) in [5, 5.41) is 16.8. The summed E-state index contributed by atoms with van der Waals surface area (Å²) in [6.45, 7) is 6.49. The molecule has 0 atom stereocenters. The third kappa shape index (κ3) is 9.68.